The number of morpholine rings is 2. The van der Waals surface area contributed by atoms with E-state index in [-0.39, 0.29) is 6.03 Å². The fraction of sp³-hybridized carbons (Fsp3) is 0.515. The first kappa shape index (κ1) is 28.6. The van der Waals surface area contributed by atoms with Crippen molar-refractivity contribution in [3.8, 4) is 11.4 Å². The van der Waals surface area contributed by atoms with Gasteiger partial charge in [0.25, 0.3) is 0 Å². The summed E-state index contributed by atoms with van der Waals surface area (Å²) in [6.45, 7) is 7.92. The number of anilines is 4. The first-order chi connectivity index (χ1) is 22.2. The Morgan fingerprint density at radius 2 is 1.20 bits per heavy atom. The number of ether oxygens (including phenoxy) is 2. The Labute approximate surface area is 263 Å². The van der Waals surface area contributed by atoms with Crippen LogP contribution in [0.1, 0.15) is 31.2 Å². The summed E-state index contributed by atoms with van der Waals surface area (Å²) in [7, 11) is 0. The van der Waals surface area contributed by atoms with E-state index in [4.69, 9.17) is 24.4 Å². The van der Waals surface area contributed by atoms with Crippen LogP contribution in [0.25, 0.3) is 11.4 Å². The third kappa shape index (κ3) is 6.07. The standard InChI is InChI=1S/C33H41N9O3/c43-33(35-24-5-1-22(2-6-24)17-40-15-13-34-14-16-40)36-25-7-3-23(4-8-25)30-37-31(41-26-9-10-27(41)19-44-18-26)39-32(38-30)42-28-11-12-29(42)21-45-20-28/h1-8,26-29,34H,9-21H2,(H2,35,36,43). The topological polar surface area (TPSA) is 120 Å². The lowest BCUT2D eigenvalue weighted by molar-refractivity contribution is 0.0885. The van der Waals surface area contributed by atoms with Crippen molar-refractivity contribution in [2.45, 2.75) is 56.4 Å². The van der Waals surface area contributed by atoms with Crippen LogP contribution in [0.15, 0.2) is 48.5 Å². The Bertz CT molecular complexity index is 1420. The number of carbonyl (C=O) groups excluding carboxylic acids is 1. The Hall–Kier alpha value is -3.84. The summed E-state index contributed by atoms with van der Waals surface area (Å²) in [5.74, 6) is 2.11. The fourth-order valence-electron chi connectivity index (χ4n) is 7.44. The van der Waals surface area contributed by atoms with Crippen LogP contribution in [0.5, 0.6) is 0 Å². The quantitative estimate of drug-likeness (QED) is 0.367. The van der Waals surface area contributed by atoms with E-state index in [0.717, 1.165) is 81.6 Å². The van der Waals surface area contributed by atoms with Gasteiger partial charge in [0.1, 0.15) is 0 Å². The molecule has 4 atom stereocenters. The van der Waals surface area contributed by atoms with E-state index in [1.54, 1.807) is 0 Å². The fourth-order valence-corrected chi connectivity index (χ4v) is 7.44. The van der Waals surface area contributed by atoms with E-state index in [9.17, 15) is 4.79 Å². The molecule has 0 aliphatic carbocycles. The molecule has 0 spiro atoms. The summed E-state index contributed by atoms with van der Waals surface area (Å²) in [4.78, 5) is 35.1. The molecule has 8 rings (SSSR count). The molecule has 5 saturated heterocycles. The summed E-state index contributed by atoms with van der Waals surface area (Å²) in [6.07, 6.45) is 4.36. The molecule has 4 bridgehead atoms. The molecule has 0 radical (unpaired) electrons. The van der Waals surface area contributed by atoms with E-state index >= 15 is 0 Å². The minimum Gasteiger partial charge on any atom is -0.377 e. The number of urea groups is 1. The number of carbonyl (C=O) groups is 1. The largest absolute Gasteiger partial charge is 0.377 e. The lowest BCUT2D eigenvalue weighted by atomic mass is 10.2. The molecule has 4 unspecified atom stereocenters. The van der Waals surface area contributed by atoms with Crippen molar-refractivity contribution >= 4 is 29.3 Å². The van der Waals surface area contributed by atoms with Gasteiger partial charge in [-0.25, -0.2) is 4.79 Å². The lowest BCUT2D eigenvalue weighted by Crippen LogP contribution is -2.48. The van der Waals surface area contributed by atoms with Crippen molar-refractivity contribution in [1.29, 1.82) is 0 Å². The van der Waals surface area contributed by atoms with Crippen LogP contribution in [-0.4, -0.2) is 103 Å². The Balaban J connectivity index is 0.972. The number of hydrogen-bond acceptors (Lipinski definition) is 10. The van der Waals surface area contributed by atoms with Crippen molar-refractivity contribution < 1.29 is 14.3 Å². The Morgan fingerprint density at radius 1 is 0.711 bits per heavy atom. The minimum atomic E-state index is -0.284. The van der Waals surface area contributed by atoms with Gasteiger partial charge >= 0.3 is 6.03 Å². The molecule has 5 aliphatic heterocycles. The normalized spacial score (nSPS) is 26.2. The predicted octanol–water partition coefficient (Wildman–Crippen LogP) is 3.32. The van der Waals surface area contributed by atoms with Gasteiger partial charge in [-0.3, -0.25) is 4.90 Å². The SMILES string of the molecule is O=C(Nc1ccc(CN2CCNCC2)cc1)Nc1ccc(-c2nc(N3C4CCC3COC4)nc(N3C4CCC3COC4)n2)cc1. The van der Waals surface area contributed by atoms with Gasteiger partial charge in [0.15, 0.2) is 5.82 Å². The second-order valence-electron chi connectivity index (χ2n) is 12.8. The number of amides is 2. The molecule has 3 aromatic rings. The average molecular weight is 612 g/mol. The van der Waals surface area contributed by atoms with Crippen molar-refractivity contribution in [1.82, 2.24) is 25.2 Å². The molecule has 12 heteroatoms. The molecular weight excluding hydrogens is 570 g/mol. The first-order valence-corrected chi connectivity index (χ1v) is 16.3. The number of nitrogens with one attached hydrogen (secondary N) is 3. The molecule has 12 nitrogen and oxygen atoms in total. The molecule has 5 aliphatic rings. The molecule has 1 aromatic heterocycles. The zero-order valence-corrected chi connectivity index (χ0v) is 25.5. The van der Waals surface area contributed by atoms with E-state index in [0.29, 0.717) is 62.1 Å². The third-order valence-corrected chi connectivity index (χ3v) is 9.78. The first-order valence-electron chi connectivity index (χ1n) is 16.3. The number of fused-ring (bicyclic) bond motifs is 4. The smallest absolute Gasteiger partial charge is 0.323 e. The maximum Gasteiger partial charge on any atom is 0.323 e. The molecule has 236 valence electrons. The minimum absolute atomic E-state index is 0.284. The zero-order valence-electron chi connectivity index (χ0n) is 25.5. The molecule has 5 fully saturated rings. The van der Waals surface area contributed by atoms with Gasteiger partial charge in [-0.15, -0.1) is 0 Å². The average Bonchev–Trinajstić information content (AvgIpc) is 3.47. The van der Waals surface area contributed by atoms with Crippen LogP contribution < -0.4 is 25.8 Å². The summed E-state index contributed by atoms with van der Waals surface area (Å²) in [5.41, 5.74) is 3.57. The lowest BCUT2D eigenvalue weighted by Gasteiger charge is -2.37. The van der Waals surface area contributed by atoms with Gasteiger partial charge in [-0.05, 0) is 67.6 Å². The number of hydrogen-bond donors (Lipinski definition) is 3. The van der Waals surface area contributed by atoms with Gasteiger partial charge in [0.05, 0.1) is 50.6 Å². The number of aromatic nitrogens is 3. The van der Waals surface area contributed by atoms with Gasteiger partial charge in [-0.2, -0.15) is 15.0 Å². The third-order valence-electron chi connectivity index (χ3n) is 9.78. The maximum atomic E-state index is 12.8. The van der Waals surface area contributed by atoms with Gasteiger partial charge in [0, 0.05) is 49.7 Å². The van der Waals surface area contributed by atoms with Crippen LogP contribution in [0.3, 0.4) is 0 Å². The van der Waals surface area contributed by atoms with Crippen molar-refractivity contribution in [3.05, 3.63) is 54.1 Å². The summed E-state index contributed by atoms with van der Waals surface area (Å²) < 4.78 is 11.7. The number of rotatable bonds is 7. The van der Waals surface area contributed by atoms with Crippen molar-refractivity contribution in [3.63, 3.8) is 0 Å². The van der Waals surface area contributed by atoms with E-state index in [1.807, 2.05) is 36.4 Å². The van der Waals surface area contributed by atoms with Crippen LogP contribution >= 0.6 is 0 Å². The van der Waals surface area contributed by atoms with Gasteiger partial charge in [0.2, 0.25) is 11.9 Å². The van der Waals surface area contributed by atoms with Gasteiger partial charge < -0.3 is 35.2 Å². The van der Waals surface area contributed by atoms with Crippen molar-refractivity contribution in [2.75, 3.05) is 73.0 Å². The van der Waals surface area contributed by atoms with Crippen LogP contribution in [0.4, 0.5) is 28.1 Å². The van der Waals surface area contributed by atoms with Crippen LogP contribution in [0, 0.1) is 0 Å². The van der Waals surface area contributed by atoms with Crippen LogP contribution in [-0.2, 0) is 16.0 Å². The molecule has 2 aromatic carbocycles. The molecular formula is C33H41N9O3. The molecule has 2 amide bonds. The Kier molecular flexibility index (Phi) is 7.96. The second kappa shape index (κ2) is 12.5. The summed E-state index contributed by atoms with van der Waals surface area (Å²) in [5, 5.41) is 9.28. The summed E-state index contributed by atoms with van der Waals surface area (Å²) >= 11 is 0. The highest BCUT2D eigenvalue weighted by molar-refractivity contribution is 5.99. The predicted molar refractivity (Wildman–Crippen MR) is 173 cm³/mol. The number of nitrogens with zero attached hydrogens (tertiary/aromatic N) is 6. The maximum absolute atomic E-state index is 12.8. The van der Waals surface area contributed by atoms with Crippen molar-refractivity contribution in [2.24, 2.45) is 0 Å². The monoisotopic (exact) mass is 611 g/mol. The van der Waals surface area contributed by atoms with E-state index in [2.05, 4.69) is 42.8 Å². The molecule has 0 saturated carbocycles. The molecule has 45 heavy (non-hydrogen) atoms. The molecule has 6 heterocycles. The van der Waals surface area contributed by atoms with Gasteiger partial charge in [-0.1, -0.05) is 12.1 Å². The second-order valence-corrected chi connectivity index (χ2v) is 12.8. The number of benzene rings is 2. The highest BCUT2D eigenvalue weighted by Crippen LogP contribution is 2.37. The Morgan fingerprint density at radius 3 is 1.71 bits per heavy atom. The zero-order chi connectivity index (χ0) is 30.2. The number of piperazine rings is 1. The highest BCUT2D eigenvalue weighted by atomic mass is 16.5. The molecule has 3 N–H and O–H groups in total. The summed E-state index contributed by atoms with van der Waals surface area (Å²) in [6, 6.07) is 16.7. The van der Waals surface area contributed by atoms with E-state index in [1.165, 1.54) is 5.56 Å². The highest BCUT2D eigenvalue weighted by Gasteiger charge is 2.42. The van der Waals surface area contributed by atoms with Crippen LogP contribution in [0.2, 0.25) is 0 Å². The van der Waals surface area contributed by atoms with E-state index < -0.39 is 0 Å².